The molecule has 0 radical (unpaired) electrons. The average molecular weight is 254 g/mol. The summed E-state index contributed by atoms with van der Waals surface area (Å²) in [5, 5.41) is 7.71. The van der Waals surface area contributed by atoms with Crippen molar-refractivity contribution < 1.29 is 4.79 Å². The Morgan fingerprint density at radius 2 is 2.35 bits per heavy atom. The van der Waals surface area contributed by atoms with E-state index in [0.29, 0.717) is 11.6 Å². The molecule has 0 atom stereocenters. The fourth-order valence-electron chi connectivity index (χ4n) is 1.54. The molecule has 0 aromatic carbocycles. The molecule has 0 unspecified atom stereocenters. The number of aryl methyl sites for hydroxylation is 2. The quantitative estimate of drug-likeness (QED) is 0.607. The Morgan fingerprint density at radius 1 is 1.65 bits per heavy atom. The molecule has 0 aliphatic carbocycles. The lowest BCUT2D eigenvalue weighted by Gasteiger charge is -2.02. The van der Waals surface area contributed by atoms with E-state index in [9.17, 15) is 4.79 Å². The van der Waals surface area contributed by atoms with Gasteiger partial charge in [-0.2, -0.15) is 5.10 Å². The zero-order chi connectivity index (χ0) is 12.8. The van der Waals surface area contributed by atoms with Crippen molar-refractivity contribution in [2.24, 2.45) is 7.05 Å². The Hall–Kier alpha value is -1.31. The molecule has 1 aromatic rings. The van der Waals surface area contributed by atoms with Crippen LogP contribution in [0, 0.1) is 12.3 Å². The van der Waals surface area contributed by atoms with E-state index >= 15 is 0 Å². The predicted octanol–water partition coefficient (Wildman–Crippen LogP) is 0.970. The number of ketones is 1. The van der Waals surface area contributed by atoms with Gasteiger partial charge in [0.1, 0.15) is 0 Å². The number of nitrogens with one attached hydrogen (secondary N) is 1. The van der Waals surface area contributed by atoms with E-state index in [-0.39, 0.29) is 18.7 Å². The van der Waals surface area contributed by atoms with E-state index in [1.807, 2.05) is 6.92 Å². The standard InChI is InChI=1S/C12H16ClN3O/c1-4-6-14-8-9(17)7-11-12(13)10(5-2)15-16(11)3/h1,14H,5-8H2,2-3H3. The van der Waals surface area contributed by atoms with Crippen LogP contribution in [0.25, 0.3) is 0 Å². The molecule has 1 N–H and O–H groups in total. The molecular formula is C12H16ClN3O. The van der Waals surface area contributed by atoms with E-state index in [1.54, 1.807) is 11.7 Å². The fraction of sp³-hybridized carbons (Fsp3) is 0.500. The molecule has 0 amide bonds. The Bertz CT molecular complexity index is 445. The molecule has 17 heavy (non-hydrogen) atoms. The second kappa shape index (κ2) is 6.43. The van der Waals surface area contributed by atoms with Gasteiger partial charge in [-0.1, -0.05) is 24.4 Å². The van der Waals surface area contributed by atoms with Crippen LogP contribution in [0.15, 0.2) is 0 Å². The Balaban J connectivity index is 2.65. The van der Waals surface area contributed by atoms with E-state index in [4.69, 9.17) is 18.0 Å². The maximum atomic E-state index is 11.7. The van der Waals surface area contributed by atoms with Crippen molar-refractivity contribution in [2.75, 3.05) is 13.1 Å². The number of hydrogen-bond donors (Lipinski definition) is 1. The van der Waals surface area contributed by atoms with Crippen LogP contribution < -0.4 is 5.32 Å². The molecule has 1 rings (SSSR count). The lowest BCUT2D eigenvalue weighted by molar-refractivity contribution is -0.117. The van der Waals surface area contributed by atoms with Crippen LogP contribution in [-0.2, 0) is 24.7 Å². The minimum atomic E-state index is 0.0489. The average Bonchev–Trinajstić information content (AvgIpc) is 2.57. The highest BCUT2D eigenvalue weighted by molar-refractivity contribution is 6.32. The molecule has 4 nitrogen and oxygen atoms in total. The Morgan fingerprint density at radius 3 is 2.88 bits per heavy atom. The number of nitrogens with zero attached hydrogens (tertiary/aromatic N) is 2. The molecule has 0 spiro atoms. The number of rotatable bonds is 6. The van der Waals surface area contributed by atoms with Gasteiger partial charge in [-0.3, -0.25) is 14.8 Å². The maximum Gasteiger partial charge on any atom is 0.152 e. The first-order valence-corrected chi connectivity index (χ1v) is 5.84. The third-order valence-corrected chi connectivity index (χ3v) is 2.85. The third kappa shape index (κ3) is 3.58. The molecule has 0 aliphatic rings. The molecular weight excluding hydrogens is 238 g/mol. The van der Waals surface area contributed by atoms with Crippen LogP contribution >= 0.6 is 11.6 Å². The van der Waals surface area contributed by atoms with Crippen molar-refractivity contribution >= 4 is 17.4 Å². The number of terminal acetylenes is 1. The molecule has 0 fully saturated rings. The van der Waals surface area contributed by atoms with Gasteiger partial charge < -0.3 is 0 Å². The summed E-state index contributed by atoms with van der Waals surface area (Å²) in [6.07, 6.45) is 6.12. The van der Waals surface area contributed by atoms with Gasteiger partial charge in [-0.25, -0.2) is 0 Å². The van der Waals surface area contributed by atoms with Crippen molar-refractivity contribution in [1.29, 1.82) is 0 Å². The predicted molar refractivity (Wildman–Crippen MR) is 68.0 cm³/mol. The number of carbonyl (C=O) groups excluding carboxylic acids is 1. The molecule has 0 saturated heterocycles. The SMILES string of the molecule is C#CCNCC(=O)Cc1c(Cl)c(CC)nn1C. The lowest BCUT2D eigenvalue weighted by Crippen LogP contribution is -2.25. The highest BCUT2D eigenvalue weighted by atomic mass is 35.5. The number of Topliss-reactive ketones (excluding diaryl/α,β-unsaturated/α-hetero) is 1. The van der Waals surface area contributed by atoms with Gasteiger partial charge in [0.15, 0.2) is 5.78 Å². The Kier molecular flexibility index (Phi) is 5.20. The molecule has 0 aliphatic heterocycles. The first-order valence-electron chi connectivity index (χ1n) is 5.46. The summed E-state index contributed by atoms with van der Waals surface area (Å²) >= 11 is 6.15. The van der Waals surface area contributed by atoms with Gasteiger partial charge in [-0.15, -0.1) is 6.42 Å². The second-order valence-electron chi connectivity index (χ2n) is 3.71. The van der Waals surface area contributed by atoms with Crippen LogP contribution in [-0.4, -0.2) is 28.7 Å². The molecule has 92 valence electrons. The maximum absolute atomic E-state index is 11.7. The monoisotopic (exact) mass is 253 g/mol. The minimum absolute atomic E-state index is 0.0489. The molecule has 0 bridgehead atoms. The van der Waals surface area contributed by atoms with Crippen LogP contribution in [0.3, 0.4) is 0 Å². The first-order chi connectivity index (χ1) is 8.10. The van der Waals surface area contributed by atoms with E-state index in [2.05, 4.69) is 16.3 Å². The van der Waals surface area contributed by atoms with Gasteiger partial charge in [0.25, 0.3) is 0 Å². The van der Waals surface area contributed by atoms with Gasteiger partial charge in [0.05, 0.1) is 35.9 Å². The normalized spacial score (nSPS) is 10.2. The van der Waals surface area contributed by atoms with Crippen molar-refractivity contribution in [1.82, 2.24) is 15.1 Å². The van der Waals surface area contributed by atoms with Gasteiger partial charge in [-0.05, 0) is 6.42 Å². The summed E-state index contributed by atoms with van der Waals surface area (Å²) in [4.78, 5) is 11.7. The van der Waals surface area contributed by atoms with E-state index in [0.717, 1.165) is 17.8 Å². The zero-order valence-corrected chi connectivity index (χ0v) is 10.8. The zero-order valence-electron chi connectivity index (χ0n) is 10.1. The highest BCUT2D eigenvalue weighted by Crippen LogP contribution is 2.21. The van der Waals surface area contributed by atoms with Crippen LogP contribution in [0.2, 0.25) is 5.02 Å². The first kappa shape index (κ1) is 13.8. The van der Waals surface area contributed by atoms with Crippen LogP contribution in [0.5, 0.6) is 0 Å². The van der Waals surface area contributed by atoms with Gasteiger partial charge in [0.2, 0.25) is 0 Å². The third-order valence-electron chi connectivity index (χ3n) is 2.42. The Labute approximate surface area is 106 Å². The summed E-state index contributed by atoms with van der Waals surface area (Å²) in [6, 6.07) is 0. The summed E-state index contributed by atoms with van der Waals surface area (Å²) in [5.41, 5.74) is 1.59. The molecule has 5 heteroatoms. The van der Waals surface area contributed by atoms with Crippen molar-refractivity contribution in [3.8, 4) is 12.3 Å². The highest BCUT2D eigenvalue weighted by Gasteiger charge is 2.15. The number of carbonyl (C=O) groups is 1. The van der Waals surface area contributed by atoms with E-state index < -0.39 is 0 Å². The summed E-state index contributed by atoms with van der Waals surface area (Å²) < 4.78 is 1.67. The molecule has 1 heterocycles. The molecule has 1 aromatic heterocycles. The largest absolute Gasteiger partial charge is 0.299 e. The van der Waals surface area contributed by atoms with Crippen molar-refractivity contribution in [3.05, 3.63) is 16.4 Å². The summed E-state index contributed by atoms with van der Waals surface area (Å²) in [5.74, 6) is 2.46. The lowest BCUT2D eigenvalue weighted by atomic mass is 10.2. The number of hydrogen-bond acceptors (Lipinski definition) is 3. The van der Waals surface area contributed by atoms with Gasteiger partial charge >= 0.3 is 0 Å². The van der Waals surface area contributed by atoms with Crippen molar-refractivity contribution in [3.63, 3.8) is 0 Å². The second-order valence-corrected chi connectivity index (χ2v) is 4.09. The van der Waals surface area contributed by atoms with E-state index in [1.165, 1.54) is 0 Å². The van der Waals surface area contributed by atoms with Gasteiger partial charge in [0, 0.05) is 7.05 Å². The number of halogens is 1. The van der Waals surface area contributed by atoms with Crippen molar-refractivity contribution in [2.45, 2.75) is 19.8 Å². The van der Waals surface area contributed by atoms with Crippen LogP contribution in [0.4, 0.5) is 0 Å². The smallest absolute Gasteiger partial charge is 0.152 e. The topological polar surface area (TPSA) is 46.9 Å². The molecule has 0 saturated carbocycles. The summed E-state index contributed by atoms with van der Waals surface area (Å²) in [6.45, 7) is 2.63. The number of aromatic nitrogens is 2. The van der Waals surface area contributed by atoms with Crippen LogP contribution in [0.1, 0.15) is 18.3 Å². The minimum Gasteiger partial charge on any atom is -0.299 e. The summed E-state index contributed by atoms with van der Waals surface area (Å²) in [7, 11) is 1.79. The fourth-order valence-corrected chi connectivity index (χ4v) is 1.90.